The van der Waals surface area contributed by atoms with E-state index in [0.29, 0.717) is 28.9 Å². The molecule has 3 atom stereocenters. The highest BCUT2D eigenvalue weighted by Crippen LogP contribution is 2.23. The van der Waals surface area contributed by atoms with Gasteiger partial charge < -0.3 is 15.4 Å². The van der Waals surface area contributed by atoms with Crippen molar-refractivity contribution in [2.45, 2.75) is 51.7 Å². The average Bonchev–Trinajstić information content (AvgIpc) is 3.04. The molecule has 0 radical (unpaired) electrons. The van der Waals surface area contributed by atoms with E-state index < -0.39 is 0 Å². The molecular weight excluding hydrogens is 373 g/mol. The number of halogens is 2. The molecule has 0 aliphatic carbocycles. The van der Waals surface area contributed by atoms with Gasteiger partial charge in [0.05, 0.1) is 36.4 Å². The predicted octanol–water partition coefficient (Wildman–Crippen LogP) is 2.82. The molecule has 0 aromatic carbocycles. The Morgan fingerprint density at radius 3 is 2.74 bits per heavy atom. The third-order valence-electron chi connectivity index (χ3n) is 3.90. The second-order valence-corrected chi connectivity index (χ2v) is 6.96. The SMILES string of the molecule is CC(C)OC1CC(Nc2nc(NC(C)c3ccc(F)cn3)ncc2Cl)NN1. The van der Waals surface area contributed by atoms with Crippen molar-refractivity contribution in [2.75, 3.05) is 10.6 Å². The molecule has 0 spiro atoms. The Morgan fingerprint density at radius 1 is 1.22 bits per heavy atom. The van der Waals surface area contributed by atoms with Gasteiger partial charge in [0.15, 0.2) is 5.82 Å². The summed E-state index contributed by atoms with van der Waals surface area (Å²) in [6.07, 6.45) is 3.35. The summed E-state index contributed by atoms with van der Waals surface area (Å²) in [5.41, 5.74) is 6.86. The van der Waals surface area contributed by atoms with Gasteiger partial charge in [0.1, 0.15) is 17.1 Å². The summed E-state index contributed by atoms with van der Waals surface area (Å²) in [6.45, 7) is 5.86. The number of hydrogen-bond acceptors (Lipinski definition) is 8. The molecule has 1 fully saturated rings. The molecule has 0 amide bonds. The zero-order valence-electron chi connectivity index (χ0n) is 15.3. The summed E-state index contributed by atoms with van der Waals surface area (Å²) >= 11 is 6.22. The highest BCUT2D eigenvalue weighted by molar-refractivity contribution is 6.32. The van der Waals surface area contributed by atoms with Crippen molar-refractivity contribution in [1.82, 2.24) is 25.8 Å². The van der Waals surface area contributed by atoms with E-state index in [1.165, 1.54) is 18.5 Å². The zero-order chi connectivity index (χ0) is 19.4. The second kappa shape index (κ2) is 8.75. The predicted molar refractivity (Wildman–Crippen MR) is 102 cm³/mol. The van der Waals surface area contributed by atoms with E-state index in [1.54, 1.807) is 6.07 Å². The monoisotopic (exact) mass is 395 g/mol. The first kappa shape index (κ1) is 19.7. The molecule has 3 rings (SSSR count). The number of nitrogens with one attached hydrogen (secondary N) is 4. The average molecular weight is 396 g/mol. The highest BCUT2D eigenvalue weighted by atomic mass is 35.5. The molecule has 3 heterocycles. The van der Waals surface area contributed by atoms with Crippen molar-refractivity contribution in [3.8, 4) is 0 Å². The van der Waals surface area contributed by atoms with Crippen LogP contribution in [0.2, 0.25) is 5.02 Å². The fraction of sp³-hybridized carbons (Fsp3) is 0.471. The van der Waals surface area contributed by atoms with Crippen LogP contribution in [0.3, 0.4) is 0 Å². The highest BCUT2D eigenvalue weighted by Gasteiger charge is 2.25. The summed E-state index contributed by atoms with van der Waals surface area (Å²) in [5.74, 6) is 0.511. The van der Waals surface area contributed by atoms with E-state index in [-0.39, 0.29) is 30.4 Å². The maximum Gasteiger partial charge on any atom is 0.225 e. The van der Waals surface area contributed by atoms with Crippen LogP contribution in [-0.4, -0.2) is 33.4 Å². The Labute approximate surface area is 162 Å². The summed E-state index contributed by atoms with van der Waals surface area (Å²) in [5, 5.41) is 6.78. The van der Waals surface area contributed by atoms with Crippen molar-refractivity contribution in [3.05, 3.63) is 41.1 Å². The van der Waals surface area contributed by atoms with Crippen LogP contribution in [0.5, 0.6) is 0 Å². The Hall–Kier alpha value is -2.07. The number of aromatic nitrogens is 3. The molecule has 8 nitrogen and oxygen atoms in total. The lowest BCUT2D eigenvalue weighted by molar-refractivity contribution is -0.00368. The molecule has 2 aromatic heterocycles. The minimum absolute atomic E-state index is 0.0923. The lowest BCUT2D eigenvalue weighted by Gasteiger charge is -2.17. The maximum absolute atomic E-state index is 13.0. The van der Waals surface area contributed by atoms with Crippen LogP contribution in [-0.2, 0) is 4.74 Å². The molecule has 27 heavy (non-hydrogen) atoms. The molecular formula is C17H23ClFN7O. The van der Waals surface area contributed by atoms with Gasteiger partial charge in [-0.3, -0.25) is 4.98 Å². The zero-order valence-corrected chi connectivity index (χ0v) is 16.1. The standard InChI is InChI=1S/C17H23ClFN7O/c1-9(2)27-15-6-14(25-26-15)23-16-12(18)8-21-17(24-16)22-10(3)13-5-4-11(19)7-20-13/h4-5,7-10,14-15,25-26H,6H2,1-3H3,(H2,21,22,23,24). The molecule has 1 aliphatic heterocycles. The topological polar surface area (TPSA) is 96.0 Å². The summed E-state index contributed by atoms with van der Waals surface area (Å²) < 4.78 is 18.7. The smallest absolute Gasteiger partial charge is 0.225 e. The third-order valence-corrected chi connectivity index (χ3v) is 4.18. The Bertz CT molecular complexity index is 761. The molecule has 0 bridgehead atoms. The van der Waals surface area contributed by atoms with E-state index in [2.05, 4.69) is 36.4 Å². The number of ether oxygens (including phenoxy) is 1. The van der Waals surface area contributed by atoms with Crippen molar-refractivity contribution >= 4 is 23.4 Å². The van der Waals surface area contributed by atoms with E-state index >= 15 is 0 Å². The number of pyridine rings is 1. The van der Waals surface area contributed by atoms with Crippen LogP contribution < -0.4 is 21.5 Å². The summed E-state index contributed by atoms with van der Waals surface area (Å²) in [7, 11) is 0. The van der Waals surface area contributed by atoms with Gasteiger partial charge in [0, 0.05) is 6.42 Å². The van der Waals surface area contributed by atoms with Crippen LogP contribution in [0.25, 0.3) is 0 Å². The van der Waals surface area contributed by atoms with Gasteiger partial charge >= 0.3 is 0 Å². The molecule has 1 aliphatic rings. The van der Waals surface area contributed by atoms with Gasteiger partial charge in [-0.05, 0) is 32.9 Å². The van der Waals surface area contributed by atoms with Gasteiger partial charge in [0.2, 0.25) is 5.95 Å². The van der Waals surface area contributed by atoms with Crippen molar-refractivity contribution in [3.63, 3.8) is 0 Å². The van der Waals surface area contributed by atoms with Gasteiger partial charge in [0.25, 0.3) is 0 Å². The number of nitrogens with zero attached hydrogens (tertiary/aromatic N) is 3. The van der Waals surface area contributed by atoms with Crippen molar-refractivity contribution < 1.29 is 9.13 Å². The van der Waals surface area contributed by atoms with Crippen LogP contribution in [0.15, 0.2) is 24.5 Å². The van der Waals surface area contributed by atoms with Crippen LogP contribution in [0.1, 0.15) is 38.9 Å². The molecule has 10 heteroatoms. The van der Waals surface area contributed by atoms with Gasteiger partial charge in [-0.25, -0.2) is 20.2 Å². The van der Waals surface area contributed by atoms with Crippen LogP contribution in [0.4, 0.5) is 16.2 Å². The van der Waals surface area contributed by atoms with Gasteiger partial charge in [-0.15, -0.1) is 0 Å². The van der Waals surface area contributed by atoms with Crippen LogP contribution >= 0.6 is 11.6 Å². The Kier molecular flexibility index (Phi) is 6.38. The van der Waals surface area contributed by atoms with E-state index in [0.717, 1.165) is 0 Å². The molecule has 2 aromatic rings. The molecule has 146 valence electrons. The van der Waals surface area contributed by atoms with Crippen molar-refractivity contribution in [2.24, 2.45) is 0 Å². The minimum Gasteiger partial charge on any atom is -0.359 e. The van der Waals surface area contributed by atoms with Crippen molar-refractivity contribution in [1.29, 1.82) is 0 Å². The van der Waals surface area contributed by atoms with E-state index in [9.17, 15) is 4.39 Å². The number of rotatable bonds is 7. The number of hydrogen-bond donors (Lipinski definition) is 4. The molecule has 1 saturated heterocycles. The number of anilines is 2. The fourth-order valence-corrected chi connectivity index (χ4v) is 2.80. The van der Waals surface area contributed by atoms with Gasteiger partial charge in [-0.2, -0.15) is 4.98 Å². The van der Waals surface area contributed by atoms with E-state index in [4.69, 9.17) is 16.3 Å². The van der Waals surface area contributed by atoms with E-state index in [1.807, 2.05) is 20.8 Å². The quantitative estimate of drug-likeness (QED) is 0.568. The lowest BCUT2D eigenvalue weighted by Crippen LogP contribution is -2.38. The Balaban J connectivity index is 1.63. The molecule has 3 unspecified atom stereocenters. The minimum atomic E-state index is -0.377. The van der Waals surface area contributed by atoms with Crippen LogP contribution in [0, 0.1) is 5.82 Å². The second-order valence-electron chi connectivity index (χ2n) is 6.55. The Morgan fingerprint density at radius 2 is 2.04 bits per heavy atom. The lowest BCUT2D eigenvalue weighted by atomic mass is 10.2. The number of hydrazine groups is 1. The first-order valence-electron chi connectivity index (χ1n) is 8.74. The normalized spacial score (nSPS) is 20.7. The fourth-order valence-electron chi connectivity index (χ4n) is 2.65. The summed E-state index contributed by atoms with van der Waals surface area (Å²) in [6, 6.07) is 2.78. The largest absolute Gasteiger partial charge is 0.359 e. The molecule has 4 N–H and O–H groups in total. The first-order valence-corrected chi connectivity index (χ1v) is 9.12. The molecule has 0 saturated carbocycles. The van der Waals surface area contributed by atoms with Gasteiger partial charge in [-0.1, -0.05) is 11.6 Å². The first-order chi connectivity index (χ1) is 12.9. The summed E-state index contributed by atoms with van der Waals surface area (Å²) in [4.78, 5) is 12.7. The maximum atomic E-state index is 13.0. The third kappa shape index (κ3) is 5.46.